The molecule has 2 aromatic rings. The number of aromatic nitrogens is 2. The zero-order valence-corrected chi connectivity index (χ0v) is 19.8. The molecule has 8 N–H and O–H groups in total. The van der Waals surface area contributed by atoms with Crippen molar-refractivity contribution in [3.63, 3.8) is 0 Å². The summed E-state index contributed by atoms with van der Waals surface area (Å²) in [4.78, 5) is 56.7. The molecule has 35 heavy (non-hydrogen) atoms. The van der Waals surface area contributed by atoms with Crippen LogP contribution >= 0.6 is 0 Å². The molecule has 1 aromatic heterocycles. The number of H-pyrrole nitrogens is 1. The van der Waals surface area contributed by atoms with E-state index >= 15 is 0 Å². The Balaban J connectivity index is 2.26. The lowest BCUT2D eigenvalue weighted by atomic mass is 10.0. The Bertz CT molecular complexity index is 1010. The minimum Gasteiger partial charge on any atom is -0.508 e. The first kappa shape index (κ1) is 27.3. The average Bonchev–Trinajstić information content (AvgIpc) is 3.31. The molecule has 0 saturated carbocycles. The number of imidazole rings is 1. The summed E-state index contributed by atoms with van der Waals surface area (Å²) in [5.41, 5.74) is 7.11. The van der Waals surface area contributed by atoms with Crippen molar-refractivity contribution in [2.45, 2.75) is 57.8 Å². The van der Waals surface area contributed by atoms with E-state index in [2.05, 4.69) is 25.9 Å². The summed E-state index contributed by atoms with van der Waals surface area (Å²) < 4.78 is 0. The molecular formula is C23H32N6O6. The lowest BCUT2D eigenvalue weighted by Crippen LogP contribution is -2.58. The van der Waals surface area contributed by atoms with E-state index in [1.165, 1.54) is 31.6 Å². The Morgan fingerprint density at radius 3 is 2.06 bits per heavy atom. The number of aliphatic carboxylic acids is 1. The fourth-order valence-corrected chi connectivity index (χ4v) is 3.12. The molecule has 4 unspecified atom stereocenters. The van der Waals surface area contributed by atoms with Gasteiger partial charge in [0.1, 0.15) is 23.9 Å². The van der Waals surface area contributed by atoms with Crippen LogP contribution in [0.25, 0.3) is 0 Å². The van der Waals surface area contributed by atoms with Gasteiger partial charge in [-0.25, -0.2) is 4.98 Å². The van der Waals surface area contributed by atoms with Crippen LogP contribution in [-0.2, 0) is 32.0 Å². The molecule has 190 valence electrons. The van der Waals surface area contributed by atoms with Crippen molar-refractivity contribution in [3.8, 4) is 5.75 Å². The largest absolute Gasteiger partial charge is 0.508 e. The van der Waals surface area contributed by atoms with Crippen LogP contribution in [0.4, 0.5) is 0 Å². The molecule has 0 radical (unpaired) electrons. The van der Waals surface area contributed by atoms with Gasteiger partial charge in [-0.15, -0.1) is 0 Å². The Hall–Kier alpha value is -3.93. The summed E-state index contributed by atoms with van der Waals surface area (Å²) in [6, 6.07) is 1.74. The number of benzene rings is 1. The highest BCUT2D eigenvalue weighted by atomic mass is 16.4. The number of hydrogen-bond acceptors (Lipinski definition) is 7. The number of carbonyl (C=O) groups excluding carboxylic acids is 3. The summed E-state index contributed by atoms with van der Waals surface area (Å²) in [5.74, 6) is -3.28. The molecule has 0 bridgehead atoms. The smallest absolute Gasteiger partial charge is 0.325 e. The van der Waals surface area contributed by atoms with Crippen molar-refractivity contribution in [1.82, 2.24) is 25.9 Å². The average molecular weight is 489 g/mol. The molecule has 0 spiro atoms. The summed E-state index contributed by atoms with van der Waals surface area (Å²) in [7, 11) is 0. The molecule has 0 aliphatic heterocycles. The molecule has 3 amide bonds. The van der Waals surface area contributed by atoms with Crippen molar-refractivity contribution in [2.24, 2.45) is 11.7 Å². The van der Waals surface area contributed by atoms with Crippen molar-refractivity contribution in [1.29, 1.82) is 0 Å². The van der Waals surface area contributed by atoms with Crippen LogP contribution in [0.1, 0.15) is 32.0 Å². The van der Waals surface area contributed by atoms with Gasteiger partial charge in [0.25, 0.3) is 0 Å². The Morgan fingerprint density at radius 1 is 0.943 bits per heavy atom. The monoisotopic (exact) mass is 488 g/mol. The van der Waals surface area contributed by atoms with Gasteiger partial charge in [0.15, 0.2) is 0 Å². The van der Waals surface area contributed by atoms with E-state index in [9.17, 15) is 24.3 Å². The maximum absolute atomic E-state index is 13.2. The molecule has 0 saturated heterocycles. The maximum atomic E-state index is 13.2. The topological polar surface area (TPSA) is 200 Å². The van der Waals surface area contributed by atoms with E-state index in [1.807, 2.05) is 0 Å². The van der Waals surface area contributed by atoms with E-state index in [0.717, 1.165) is 0 Å². The molecule has 1 aromatic carbocycles. The van der Waals surface area contributed by atoms with Gasteiger partial charge in [-0.05, 0) is 30.5 Å². The molecule has 12 nitrogen and oxygen atoms in total. The summed E-state index contributed by atoms with van der Waals surface area (Å²) in [6.07, 6.45) is 3.01. The van der Waals surface area contributed by atoms with Crippen LogP contribution in [-0.4, -0.2) is 68.0 Å². The molecule has 1 heterocycles. The van der Waals surface area contributed by atoms with Gasteiger partial charge in [-0.2, -0.15) is 0 Å². The van der Waals surface area contributed by atoms with Crippen LogP contribution in [0.15, 0.2) is 36.8 Å². The SMILES string of the molecule is CC(NC(=O)C(Cc1ccc(O)cc1)NC(=O)C(Cc1cnc[nH]1)NC(=O)C(N)C(C)C)C(=O)O. The minimum absolute atomic E-state index is 0.0143. The van der Waals surface area contributed by atoms with Crippen molar-refractivity contribution < 1.29 is 29.4 Å². The number of hydrogen-bond donors (Lipinski definition) is 7. The second-order valence-corrected chi connectivity index (χ2v) is 8.61. The number of carboxylic acid groups (broad SMARTS) is 1. The minimum atomic E-state index is -1.24. The third-order valence-electron chi connectivity index (χ3n) is 5.37. The molecule has 0 aliphatic rings. The number of phenolic OH excluding ortho intramolecular Hbond substituents is 1. The molecule has 4 atom stereocenters. The summed E-state index contributed by atoms with van der Waals surface area (Å²) in [5, 5.41) is 26.3. The quantitative estimate of drug-likeness (QED) is 0.206. The zero-order chi connectivity index (χ0) is 26.1. The van der Waals surface area contributed by atoms with E-state index in [1.54, 1.807) is 26.0 Å². The number of phenols is 1. The molecule has 0 aliphatic carbocycles. The van der Waals surface area contributed by atoms with Crippen molar-refractivity contribution in [2.75, 3.05) is 0 Å². The first-order valence-electron chi connectivity index (χ1n) is 11.1. The Morgan fingerprint density at radius 2 is 1.51 bits per heavy atom. The first-order chi connectivity index (χ1) is 16.5. The van der Waals surface area contributed by atoms with Gasteiger partial charge in [-0.3, -0.25) is 19.2 Å². The van der Waals surface area contributed by atoms with Crippen LogP contribution in [0.5, 0.6) is 5.75 Å². The highest BCUT2D eigenvalue weighted by molar-refractivity contribution is 5.94. The standard InChI is InChI=1S/C23H32N6O6/c1-12(2)19(24)22(33)29-18(9-15-10-25-11-26-15)21(32)28-17(20(31)27-13(3)23(34)35)8-14-4-6-16(30)7-5-14/h4-7,10-13,17-19,30H,8-9,24H2,1-3H3,(H,25,26)(H,27,31)(H,28,32)(H,29,33)(H,34,35). The third kappa shape index (κ3) is 8.41. The number of amides is 3. The Kier molecular flexibility index (Phi) is 9.76. The number of aromatic amines is 1. The van der Waals surface area contributed by atoms with Gasteiger partial charge in [-0.1, -0.05) is 26.0 Å². The zero-order valence-electron chi connectivity index (χ0n) is 19.8. The predicted molar refractivity (Wildman–Crippen MR) is 126 cm³/mol. The van der Waals surface area contributed by atoms with E-state index < -0.39 is 47.9 Å². The van der Waals surface area contributed by atoms with Gasteiger partial charge in [0.05, 0.1) is 12.4 Å². The molecule has 2 rings (SSSR count). The highest BCUT2D eigenvalue weighted by Gasteiger charge is 2.30. The number of nitrogens with zero attached hydrogens (tertiary/aromatic N) is 1. The van der Waals surface area contributed by atoms with Gasteiger partial charge in [0.2, 0.25) is 17.7 Å². The third-order valence-corrected chi connectivity index (χ3v) is 5.37. The normalized spacial score (nSPS) is 14.4. The molecule has 0 fully saturated rings. The lowest BCUT2D eigenvalue weighted by molar-refractivity contribution is -0.141. The lowest BCUT2D eigenvalue weighted by Gasteiger charge is -2.25. The number of nitrogens with one attached hydrogen (secondary N) is 4. The van der Waals surface area contributed by atoms with Crippen LogP contribution < -0.4 is 21.7 Å². The fourth-order valence-electron chi connectivity index (χ4n) is 3.12. The van der Waals surface area contributed by atoms with Crippen LogP contribution in [0.3, 0.4) is 0 Å². The van der Waals surface area contributed by atoms with Crippen molar-refractivity contribution >= 4 is 23.7 Å². The number of carbonyl (C=O) groups is 4. The van der Waals surface area contributed by atoms with E-state index in [0.29, 0.717) is 11.3 Å². The predicted octanol–water partition coefficient (Wildman–Crippen LogP) is -0.557. The fraction of sp³-hybridized carbons (Fsp3) is 0.435. The molecule has 12 heteroatoms. The first-order valence-corrected chi connectivity index (χ1v) is 11.1. The van der Waals surface area contributed by atoms with Crippen LogP contribution in [0, 0.1) is 5.92 Å². The molecular weight excluding hydrogens is 456 g/mol. The summed E-state index contributed by atoms with van der Waals surface area (Å²) >= 11 is 0. The number of nitrogens with two attached hydrogens (primary N) is 1. The second kappa shape index (κ2) is 12.5. The van der Waals surface area contributed by atoms with Crippen molar-refractivity contribution in [3.05, 3.63) is 48.0 Å². The van der Waals surface area contributed by atoms with Crippen LogP contribution in [0.2, 0.25) is 0 Å². The highest BCUT2D eigenvalue weighted by Crippen LogP contribution is 2.12. The van der Waals surface area contributed by atoms with Gasteiger partial charge in [0, 0.05) is 24.7 Å². The van der Waals surface area contributed by atoms with Gasteiger partial charge < -0.3 is 36.9 Å². The number of rotatable bonds is 12. The second-order valence-electron chi connectivity index (χ2n) is 8.61. The van der Waals surface area contributed by atoms with E-state index in [4.69, 9.17) is 10.8 Å². The summed E-state index contributed by atoms with van der Waals surface area (Å²) in [6.45, 7) is 4.85. The van der Waals surface area contributed by atoms with E-state index in [-0.39, 0.29) is 24.5 Å². The Labute approximate surface area is 202 Å². The van der Waals surface area contributed by atoms with Gasteiger partial charge >= 0.3 is 5.97 Å². The number of aromatic hydroxyl groups is 1. The number of carboxylic acids is 1. The maximum Gasteiger partial charge on any atom is 0.325 e.